The lowest BCUT2D eigenvalue weighted by atomic mass is 9.82. The topological polar surface area (TPSA) is 30.5 Å². The molecule has 2 aliphatic carbocycles. The predicted molar refractivity (Wildman–Crippen MR) is 84.9 cm³/mol. The van der Waals surface area contributed by atoms with Crippen LogP contribution in [0.15, 0.2) is 18.2 Å². The second-order valence-corrected chi connectivity index (χ2v) is 6.62. The van der Waals surface area contributed by atoms with E-state index in [1.54, 1.807) is 14.2 Å². The Morgan fingerprint density at radius 2 is 2.05 bits per heavy atom. The van der Waals surface area contributed by atoms with Gasteiger partial charge < -0.3 is 14.8 Å². The van der Waals surface area contributed by atoms with Crippen LogP contribution < -0.4 is 14.8 Å². The minimum absolute atomic E-state index is 0.347. The maximum absolute atomic E-state index is 5.56. The van der Waals surface area contributed by atoms with E-state index < -0.39 is 0 Å². The summed E-state index contributed by atoms with van der Waals surface area (Å²) in [6, 6.07) is 6.44. The first-order valence-electron chi connectivity index (χ1n) is 8.14. The first-order valence-corrected chi connectivity index (χ1v) is 8.14. The van der Waals surface area contributed by atoms with Crippen LogP contribution in [0.25, 0.3) is 0 Å². The van der Waals surface area contributed by atoms with Gasteiger partial charge in [-0.25, -0.2) is 0 Å². The Hall–Kier alpha value is -1.22. The van der Waals surface area contributed by atoms with Crippen LogP contribution in [-0.4, -0.2) is 21.3 Å². The summed E-state index contributed by atoms with van der Waals surface area (Å²) >= 11 is 0. The molecular formula is C18H27NO2. The summed E-state index contributed by atoms with van der Waals surface area (Å²) in [5.41, 5.74) is 1.22. The lowest BCUT2D eigenvalue weighted by Gasteiger charge is -2.28. The van der Waals surface area contributed by atoms with Gasteiger partial charge >= 0.3 is 0 Å². The SMILES string of the molecule is CNC(CC1CC2CCC1C2)c1cc(OC)ccc1OC. The van der Waals surface area contributed by atoms with Crippen molar-refractivity contribution in [2.24, 2.45) is 17.8 Å². The smallest absolute Gasteiger partial charge is 0.123 e. The van der Waals surface area contributed by atoms with Gasteiger partial charge in [0.05, 0.1) is 14.2 Å². The molecule has 1 aromatic carbocycles. The minimum Gasteiger partial charge on any atom is -0.497 e. The van der Waals surface area contributed by atoms with Crippen molar-refractivity contribution in [3.63, 3.8) is 0 Å². The number of ether oxygens (including phenoxy) is 2. The van der Waals surface area contributed by atoms with Gasteiger partial charge in [-0.3, -0.25) is 0 Å². The fourth-order valence-electron chi connectivity index (χ4n) is 4.48. The van der Waals surface area contributed by atoms with E-state index in [1.165, 1.54) is 37.7 Å². The minimum atomic E-state index is 0.347. The van der Waals surface area contributed by atoms with Crippen LogP contribution in [0.1, 0.15) is 43.7 Å². The molecule has 3 heteroatoms. The molecule has 0 amide bonds. The monoisotopic (exact) mass is 289 g/mol. The Bertz CT molecular complexity index is 488. The van der Waals surface area contributed by atoms with Crippen LogP contribution >= 0.6 is 0 Å². The number of rotatable bonds is 6. The van der Waals surface area contributed by atoms with E-state index in [0.717, 1.165) is 29.3 Å². The summed E-state index contributed by atoms with van der Waals surface area (Å²) in [4.78, 5) is 0. The summed E-state index contributed by atoms with van der Waals surface area (Å²) < 4.78 is 10.9. The lowest BCUT2D eigenvalue weighted by Crippen LogP contribution is -2.23. The molecule has 0 heterocycles. The van der Waals surface area contributed by atoms with E-state index in [0.29, 0.717) is 6.04 Å². The Labute approximate surface area is 128 Å². The van der Waals surface area contributed by atoms with Crippen molar-refractivity contribution in [3.8, 4) is 11.5 Å². The van der Waals surface area contributed by atoms with Gasteiger partial charge in [0.15, 0.2) is 0 Å². The van der Waals surface area contributed by atoms with Gasteiger partial charge in [0.2, 0.25) is 0 Å². The van der Waals surface area contributed by atoms with Crippen LogP contribution in [0.5, 0.6) is 11.5 Å². The van der Waals surface area contributed by atoms with Crippen molar-refractivity contribution in [2.75, 3.05) is 21.3 Å². The van der Waals surface area contributed by atoms with Crippen LogP contribution in [0.3, 0.4) is 0 Å². The molecule has 3 rings (SSSR count). The molecule has 2 saturated carbocycles. The Morgan fingerprint density at radius 1 is 1.19 bits per heavy atom. The standard InChI is InChI=1S/C18H27NO2/c1-19-17(10-14-9-12-4-5-13(14)8-12)16-11-15(20-2)6-7-18(16)21-3/h6-7,11-14,17,19H,4-5,8-10H2,1-3H3. The third-order valence-corrected chi connectivity index (χ3v) is 5.58. The van der Waals surface area contributed by atoms with E-state index in [1.807, 2.05) is 12.1 Å². The summed E-state index contributed by atoms with van der Waals surface area (Å²) in [5.74, 6) is 4.70. The van der Waals surface area contributed by atoms with Gasteiger partial charge in [0, 0.05) is 11.6 Å². The van der Waals surface area contributed by atoms with Gasteiger partial charge in [-0.15, -0.1) is 0 Å². The van der Waals surface area contributed by atoms with Gasteiger partial charge in [-0.1, -0.05) is 6.42 Å². The van der Waals surface area contributed by atoms with Crippen molar-refractivity contribution in [1.29, 1.82) is 0 Å². The van der Waals surface area contributed by atoms with Gasteiger partial charge in [-0.05, 0) is 68.7 Å². The second-order valence-electron chi connectivity index (χ2n) is 6.62. The molecule has 0 radical (unpaired) electrons. The van der Waals surface area contributed by atoms with Crippen molar-refractivity contribution in [3.05, 3.63) is 23.8 Å². The average molecular weight is 289 g/mol. The molecule has 2 fully saturated rings. The van der Waals surface area contributed by atoms with Crippen molar-refractivity contribution in [2.45, 2.75) is 38.1 Å². The third kappa shape index (κ3) is 2.89. The highest BCUT2D eigenvalue weighted by molar-refractivity contribution is 5.42. The van der Waals surface area contributed by atoms with E-state index in [4.69, 9.17) is 9.47 Å². The van der Waals surface area contributed by atoms with Crippen molar-refractivity contribution >= 4 is 0 Å². The molecule has 0 spiro atoms. The highest BCUT2D eigenvalue weighted by atomic mass is 16.5. The number of fused-ring (bicyclic) bond motifs is 2. The van der Waals surface area contributed by atoms with Crippen LogP contribution in [0.2, 0.25) is 0 Å². The number of hydrogen-bond acceptors (Lipinski definition) is 3. The molecule has 0 aromatic heterocycles. The zero-order chi connectivity index (χ0) is 14.8. The average Bonchev–Trinajstić information content (AvgIpc) is 3.14. The van der Waals surface area contributed by atoms with Crippen LogP contribution in [-0.2, 0) is 0 Å². The molecule has 2 aliphatic rings. The molecule has 0 aliphatic heterocycles. The Morgan fingerprint density at radius 3 is 2.62 bits per heavy atom. The summed E-state index contributed by atoms with van der Waals surface area (Å²) in [6.45, 7) is 0. The largest absolute Gasteiger partial charge is 0.497 e. The molecule has 1 N–H and O–H groups in total. The molecule has 2 bridgehead atoms. The third-order valence-electron chi connectivity index (χ3n) is 5.58. The van der Waals surface area contributed by atoms with Gasteiger partial charge in [0.1, 0.15) is 11.5 Å². The van der Waals surface area contributed by atoms with E-state index in [2.05, 4.69) is 18.4 Å². The fraction of sp³-hybridized carbons (Fsp3) is 0.667. The molecule has 4 unspecified atom stereocenters. The van der Waals surface area contributed by atoms with Gasteiger partial charge in [-0.2, -0.15) is 0 Å². The number of hydrogen-bond donors (Lipinski definition) is 1. The number of benzene rings is 1. The Kier molecular flexibility index (Phi) is 4.39. The summed E-state index contributed by atoms with van der Waals surface area (Å²) in [5, 5.41) is 3.50. The molecular weight excluding hydrogens is 262 g/mol. The molecule has 1 aromatic rings. The maximum atomic E-state index is 5.56. The van der Waals surface area contributed by atoms with E-state index in [9.17, 15) is 0 Å². The quantitative estimate of drug-likeness (QED) is 0.864. The first kappa shape index (κ1) is 14.7. The highest BCUT2D eigenvalue weighted by Crippen LogP contribution is 2.51. The van der Waals surface area contributed by atoms with Crippen molar-refractivity contribution < 1.29 is 9.47 Å². The predicted octanol–water partition coefficient (Wildman–Crippen LogP) is 3.79. The highest BCUT2D eigenvalue weighted by Gasteiger charge is 2.40. The summed E-state index contributed by atoms with van der Waals surface area (Å²) in [7, 11) is 5.52. The molecule has 116 valence electrons. The molecule has 3 nitrogen and oxygen atoms in total. The first-order chi connectivity index (χ1) is 10.2. The lowest BCUT2D eigenvalue weighted by molar-refractivity contribution is 0.280. The Balaban J connectivity index is 1.79. The fourth-order valence-corrected chi connectivity index (χ4v) is 4.48. The van der Waals surface area contributed by atoms with Crippen LogP contribution in [0.4, 0.5) is 0 Å². The maximum Gasteiger partial charge on any atom is 0.123 e. The van der Waals surface area contributed by atoms with Crippen LogP contribution in [0, 0.1) is 17.8 Å². The normalized spacial score (nSPS) is 28.6. The van der Waals surface area contributed by atoms with E-state index >= 15 is 0 Å². The molecule has 4 atom stereocenters. The van der Waals surface area contributed by atoms with E-state index in [-0.39, 0.29) is 0 Å². The second kappa shape index (κ2) is 6.27. The van der Waals surface area contributed by atoms with Crippen molar-refractivity contribution in [1.82, 2.24) is 5.32 Å². The summed E-state index contributed by atoms with van der Waals surface area (Å²) in [6.07, 6.45) is 7.02. The molecule has 21 heavy (non-hydrogen) atoms. The molecule has 0 saturated heterocycles. The number of nitrogens with one attached hydrogen (secondary N) is 1. The zero-order valence-corrected chi connectivity index (χ0v) is 13.4. The van der Waals surface area contributed by atoms with Gasteiger partial charge in [0.25, 0.3) is 0 Å². The zero-order valence-electron chi connectivity index (χ0n) is 13.4. The number of methoxy groups -OCH3 is 2.